The number of benzene rings is 2. The number of fused-ring (bicyclic) bond motifs is 1. The number of hydrogen-bond donors (Lipinski definition) is 2. The molecule has 33 heavy (non-hydrogen) atoms. The van der Waals surface area contributed by atoms with Gasteiger partial charge in [0.2, 0.25) is 0 Å². The number of sulfone groups is 1. The summed E-state index contributed by atoms with van der Waals surface area (Å²) >= 11 is 0. The molecule has 2 N–H and O–H groups in total. The first-order valence-electron chi connectivity index (χ1n) is 10.5. The molecule has 0 radical (unpaired) electrons. The Bertz CT molecular complexity index is 1320. The van der Waals surface area contributed by atoms with E-state index in [1.165, 1.54) is 10.6 Å². The van der Waals surface area contributed by atoms with Gasteiger partial charge in [0.25, 0.3) is 0 Å². The molecule has 0 aliphatic carbocycles. The smallest absolute Gasteiger partial charge is 0.385 e. The first-order chi connectivity index (χ1) is 15.5. The van der Waals surface area contributed by atoms with Gasteiger partial charge in [-0.05, 0) is 61.2 Å². The number of nitrogens with zero attached hydrogens (tertiary/aromatic N) is 1. The summed E-state index contributed by atoms with van der Waals surface area (Å²) in [6, 6.07) is 11.6. The Morgan fingerprint density at radius 1 is 1.06 bits per heavy atom. The normalized spacial score (nSPS) is 11.8. The molecule has 0 saturated heterocycles. The van der Waals surface area contributed by atoms with Gasteiger partial charge >= 0.3 is 6.18 Å². The molecular weight excluding hydrogens is 451 g/mol. The minimum Gasteiger partial charge on any atom is -0.385 e. The second kappa shape index (κ2) is 9.79. The fourth-order valence-electron chi connectivity index (χ4n) is 3.49. The summed E-state index contributed by atoms with van der Waals surface area (Å²) in [6.07, 6.45) is -2.35. The van der Waals surface area contributed by atoms with Crippen LogP contribution < -0.4 is 10.6 Å². The highest BCUT2D eigenvalue weighted by atomic mass is 32.2. The summed E-state index contributed by atoms with van der Waals surface area (Å²) in [5.74, 6) is 5.74. The van der Waals surface area contributed by atoms with Gasteiger partial charge in [-0.2, -0.15) is 13.2 Å². The van der Waals surface area contributed by atoms with Crippen molar-refractivity contribution < 1.29 is 21.6 Å². The minimum atomic E-state index is -4.38. The lowest BCUT2D eigenvalue weighted by Gasteiger charge is -2.12. The molecule has 3 rings (SSSR count). The molecule has 176 valence electrons. The Kier molecular flexibility index (Phi) is 7.28. The molecule has 5 nitrogen and oxygen atoms in total. The molecule has 9 heteroatoms. The van der Waals surface area contributed by atoms with E-state index in [1.807, 2.05) is 13.0 Å². The Labute approximate surface area is 191 Å². The van der Waals surface area contributed by atoms with Crippen LogP contribution in [0.1, 0.15) is 24.6 Å². The Morgan fingerprint density at radius 2 is 1.82 bits per heavy atom. The monoisotopic (exact) mass is 477 g/mol. The van der Waals surface area contributed by atoms with Crippen LogP contribution in [-0.4, -0.2) is 38.5 Å². The lowest BCUT2D eigenvalue weighted by Crippen LogP contribution is -2.18. The fraction of sp³-hybridized carbons (Fsp3) is 0.333. The maximum absolute atomic E-state index is 13.3. The number of hydrogen-bond acceptors (Lipinski definition) is 4. The van der Waals surface area contributed by atoms with Crippen LogP contribution in [0, 0.1) is 18.8 Å². The van der Waals surface area contributed by atoms with Crippen molar-refractivity contribution >= 4 is 32.1 Å². The fourth-order valence-corrected chi connectivity index (χ4v) is 4.20. The van der Waals surface area contributed by atoms with E-state index in [0.717, 1.165) is 23.9 Å². The van der Waals surface area contributed by atoms with E-state index in [2.05, 4.69) is 22.5 Å². The molecule has 0 aliphatic rings. The van der Waals surface area contributed by atoms with Crippen molar-refractivity contribution in [3.05, 3.63) is 53.7 Å². The molecule has 0 fully saturated rings. The largest absolute Gasteiger partial charge is 0.406 e. The summed E-state index contributed by atoms with van der Waals surface area (Å²) in [4.78, 5) is 0.223. The van der Waals surface area contributed by atoms with Gasteiger partial charge in [-0.3, -0.25) is 0 Å². The lowest BCUT2D eigenvalue weighted by molar-refractivity contribution is -0.140. The van der Waals surface area contributed by atoms with Crippen molar-refractivity contribution in [1.82, 2.24) is 4.57 Å². The highest BCUT2D eigenvalue weighted by Gasteiger charge is 2.29. The van der Waals surface area contributed by atoms with Gasteiger partial charge in [0.05, 0.1) is 22.7 Å². The third kappa shape index (κ3) is 6.23. The molecule has 1 heterocycles. The minimum absolute atomic E-state index is 0.188. The van der Waals surface area contributed by atoms with Crippen molar-refractivity contribution in [2.24, 2.45) is 0 Å². The van der Waals surface area contributed by atoms with Crippen molar-refractivity contribution in [1.29, 1.82) is 0 Å². The van der Waals surface area contributed by atoms with E-state index in [0.29, 0.717) is 23.1 Å². The maximum Gasteiger partial charge on any atom is 0.406 e. The predicted octanol–water partition coefficient (Wildman–Crippen LogP) is 5.20. The molecule has 1 aromatic heterocycles. The Hall–Kier alpha value is -3.12. The molecule has 0 bridgehead atoms. The van der Waals surface area contributed by atoms with Crippen LogP contribution in [0.2, 0.25) is 0 Å². The number of aryl methyl sites for hydroxylation is 1. The first-order valence-corrected chi connectivity index (χ1v) is 12.3. The van der Waals surface area contributed by atoms with Gasteiger partial charge in [-0.15, -0.1) is 0 Å². The van der Waals surface area contributed by atoms with Crippen molar-refractivity contribution in [2.75, 3.05) is 30.0 Å². The predicted molar refractivity (Wildman–Crippen MR) is 126 cm³/mol. The molecule has 0 spiro atoms. The SMILES string of the molecule is CCCNc1cccc2c1cc(C#CCNc1ccc(S(C)(=O)=O)cc1C)n2CC(F)(F)F. The molecule has 3 aromatic rings. The molecule has 0 amide bonds. The van der Waals surface area contributed by atoms with E-state index in [9.17, 15) is 21.6 Å². The molecule has 2 aromatic carbocycles. The second-order valence-corrected chi connectivity index (χ2v) is 9.82. The van der Waals surface area contributed by atoms with Gasteiger partial charge < -0.3 is 15.2 Å². The number of rotatable bonds is 7. The molecule has 0 aliphatic heterocycles. The van der Waals surface area contributed by atoms with E-state index in [4.69, 9.17) is 0 Å². The van der Waals surface area contributed by atoms with Crippen LogP contribution in [0.15, 0.2) is 47.4 Å². The topological polar surface area (TPSA) is 63.1 Å². The van der Waals surface area contributed by atoms with Crippen LogP contribution in [0.3, 0.4) is 0 Å². The van der Waals surface area contributed by atoms with Crippen molar-refractivity contribution in [3.8, 4) is 11.8 Å². The zero-order chi connectivity index (χ0) is 24.2. The maximum atomic E-state index is 13.3. The highest BCUT2D eigenvalue weighted by molar-refractivity contribution is 7.90. The average Bonchev–Trinajstić information content (AvgIpc) is 3.06. The van der Waals surface area contributed by atoms with Gasteiger partial charge in [0.15, 0.2) is 9.84 Å². The van der Waals surface area contributed by atoms with E-state index in [1.54, 1.807) is 37.3 Å². The molecular formula is C24H26F3N3O2S. The zero-order valence-electron chi connectivity index (χ0n) is 18.7. The van der Waals surface area contributed by atoms with E-state index < -0.39 is 22.6 Å². The van der Waals surface area contributed by atoms with Gasteiger partial charge in [0.1, 0.15) is 6.54 Å². The molecule has 0 atom stereocenters. The summed E-state index contributed by atoms with van der Waals surface area (Å²) < 4.78 is 64.3. The lowest BCUT2D eigenvalue weighted by atomic mass is 10.2. The summed E-state index contributed by atoms with van der Waals surface area (Å²) in [5.41, 5.74) is 2.96. The van der Waals surface area contributed by atoms with Crippen molar-refractivity contribution in [2.45, 2.75) is 37.9 Å². The quantitative estimate of drug-likeness (QED) is 0.459. The van der Waals surface area contributed by atoms with Gasteiger partial charge in [-0.1, -0.05) is 18.9 Å². The van der Waals surface area contributed by atoms with Crippen LogP contribution in [-0.2, 0) is 16.4 Å². The number of nitrogens with one attached hydrogen (secondary N) is 2. The van der Waals surface area contributed by atoms with Crippen molar-refractivity contribution in [3.63, 3.8) is 0 Å². The van der Waals surface area contributed by atoms with E-state index >= 15 is 0 Å². The number of anilines is 2. The second-order valence-electron chi connectivity index (χ2n) is 7.80. The third-order valence-electron chi connectivity index (χ3n) is 5.06. The van der Waals surface area contributed by atoms with E-state index in [-0.39, 0.29) is 17.1 Å². The summed E-state index contributed by atoms with van der Waals surface area (Å²) in [5, 5.41) is 7.04. The molecule has 0 unspecified atom stereocenters. The van der Waals surface area contributed by atoms with Crippen LogP contribution >= 0.6 is 0 Å². The Morgan fingerprint density at radius 3 is 2.45 bits per heavy atom. The number of halogens is 3. The standard InChI is InChI=1S/C24H26F3N3O2S/c1-4-12-28-22-8-5-9-23-20(22)15-18(30(23)16-24(25,26)27)7-6-13-29-21-11-10-19(14-17(21)2)33(3,31)32/h5,8-11,14-15,28-29H,4,12-13,16H2,1-3H3. The highest BCUT2D eigenvalue weighted by Crippen LogP contribution is 2.30. The summed E-state index contributed by atoms with van der Waals surface area (Å²) in [6.45, 7) is 3.57. The Balaban J connectivity index is 1.88. The summed E-state index contributed by atoms with van der Waals surface area (Å²) in [7, 11) is -3.30. The van der Waals surface area contributed by atoms with Crippen LogP contribution in [0.4, 0.5) is 24.5 Å². The van der Waals surface area contributed by atoms with Crippen LogP contribution in [0.5, 0.6) is 0 Å². The van der Waals surface area contributed by atoms with Crippen LogP contribution in [0.25, 0.3) is 10.9 Å². The first kappa shape index (κ1) is 24.5. The molecule has 0 saturated carbocycles. The van der Waals surface area contributed by atoms with Gasteiger partial charge in [0, 0.05) is 29.6 Å². The zero-order valence-corrected chi connectivity index (χ0v) is 19.5. The average molecular weight is 478 g/mol. The number of alkyl halides is 3. The third-order valence-corrected chi connectivity index (χ3v) is 6.17. The number of aromatic nitrogens is 1. The van der Waals surface area contributed by atoms with Gasteiger partial charge in [-0.25, -0.2) is 8.42 Å².